The summed E-state index contributed by atoms with van der Waals surface area (Å²) in [6, 6.07) is 0. The average molecular weight is 459 g/mol. The fourth-order valence-corrected chi connectivity index (χ4v) is 7.62. The Balaban J connectivity index is 1.57. The molecule has 2 heterocycles. The second-order valence-electron chi connectivity index (χ2n) is 11.6. The maximum absolute atomic E-state index is 13.2. The number of ether oxygens (including phenoxy) is 3. The van der Waals surface area contributed by atoms with Gasteiger partial charge in [-0.25, -0.2) is 9.59 Å². The molecule has 2 aliphatic heterocycles. The van der Waals surface area contributed by atoms with Crippen molar-refractivity contribution in [2.45, 2.75) is 84.7 Å². The van der Waals surface area contributed by atoms with Gasteiger partial charge < -0.3 is 14.2 Å². The van der Waals surface area contributed by atoms with E-state index in [1.54, 1.807) is 0 Å². The Hall–Kier alpha value is -2.11. The molecule has 6 nitrogen and oxygen atoms in total. The number of rotatable bonds is 4. The third kappa shape index (κ3) is 4.26. The highest BCUT2D eigenvalue weighted by atomic mass is 16.6. The molecule has 0 spiro atoms. The minimum absolute atomic E-state index is 0.0852. The highest BCUT2D eigenvalue weighted by molar-refractivity contribution is 5.90. The number of cyclic esters (lactones) is 1. The first-order chi connectivity index (χ1) is 15.5. The molecule has 0 N–H and O–H groups in total. The molecule has 33 heavy (non-hydrogen) atoms. The maximum atomic E-state index is 13.2. The molecule has 2 saturated carbocycles. The van der Waals surface area contributed by atoms with Gasteiger partial charge in [0.2, 0.25) is 0 Å². The van der Waals surface area contributed by atoms with Crippen LogP contribution in [-0.2, 0) is 28.6 Å². The predicted octanol–water partition coefficient (Wildman–Crippen LogP) is 4.91. The van der Waals surface area contributed by atoms with Crippen LogP contribution in [0, 0.1) is 28.6 Å². The lowest BCUT2D eigenvalue weighted by Crippen LogP contribution is -2.58. The monoisotopic (exact) mass is 458 g/mol. The Kier molecular flexibility index (Phi) is 6.25. The first-order valence-corrected chi connectivity index (χ1v) is 12.4. The van der Waals surface area contributed by atoms with E-state index in [2.05, 4.69) is 27.7 Å². The van der Waals surface area contributed by atoms with Crippen LogP contribution in [0.15, 0.2) is 23.3 Å². The standard InChI is InChI=1S/C27H38O6/c1-25(2)12-6-13-26(3)20(25)11-14-27(4)21(26)10-8-17(23(29)33-27)7-9-19(24(30)31-5)18-15-22(28)32-16-18/h7,15,19-21H,6,8-14,16H2,1-5H3/b17-7-/t19-,20+,21-,26+,27-/m1/s1. The van der Waals surface area contributed by atoms with E-state index in [1.165, 1.54) is 32.4 Å². The molecule has 5 atom stereocenters. The van der Waals surface area contributed by atoms with Gasteiger partial charge in [-0.05, 0) is 74.2 Å². The molecule has 4 rings (SSSR count). The quantitative estimate of drug-likeness (QED) is 0.338. The molecule has 0 bridgehead atoms. The van der Waals surface area contributed by atoms with Gasteiger partial charge in [-0.1, -0.05) is 33.3 Å². The summed E-state index contributed by atoms with van der Waals surface area (Å²) in [7, 11) is 1.33. The van der Waals surface area contributed by atoms with Gasteiger partial charge in [0.05, 0.1) is 13.0 Å². The number of methoxy groups -OCH3 is 1. The molecule has 6 heteroatoms. The van der Waals surface area contributed by atoms with Crippen molar-refractivity contribution in [1.29, 1.82) is 0 Å². The summed E-state index contributed by atoms with van der Waals surface area (Å²) in [6.07, 6.45) is 10.7. The molecule has 0 aromatic heterocycles. The fraction of sp³-hybridized carbons (Fsp3) is 0.741. The summed E-state index contributed by atoms with van der Waals surface area (Å²) in [6.45, 7) is 9.46. The van der Waals surface area contributed by atoms with Crippen molar-refractivity contribution in [2.75, 3.05) is 13.7 Å². The van der Waals surface area contributed by atoms with E-state index < -0.39 is 23.5 Å². The molecule has 0 aromatic rings. The van der Waals surface area contributed by atoms with E-state index in [9.17, 15) is 14.4 Å². The van der Waals surface area contributed by atoms with Gasteiger partial charge >= 0.3 is 17.9 Å². The van der Waals surface area contributed by atoms with Crippen LogP contribution >= 0.6 is 0 Å². The summed E-state index contributed by atoms with van der Waals surface area (Å²) >= 11 is 0. The van der Waals surface area contributed by atoms with Crippen LogP contribution in [0.1, 0.15) is 79.1 Å². The fourth-order valence-electron chi connectivity index (χ4n) is 7.62. The third-order valence-corrected chi connectivity index (χ3v) is 9.25. The van der Waals surface area contributed by atoms with E-state index >= 15 is 0 Å². The Labute approximate surface area is 197 Å². The Morgan fingerprint density at radius 2 is 1.91 bits per heavy atom. The van der Waals surface area contributed by atoms with Gasteiger partial charge in [-0.2, -0.15) is 0 Å². The molecule has 0 radical (unpaired) electrons. The van der Waals surface area contributed by atoms with Crippen molar-refractivity contribution in [3.63, 3.8) is 0 Å². The highest BCUT2D eigenvalue weighted by Gasteiger charge is 2.60. The van der Waals surface area contributed by atoms with Crippen LogP contribution in [0.3, 0.4) is 0 Å². The first-order valence-electron chi connectivity index (χ1n) is 12.4. The number of hydrogen-bond donors (Lipinski definition) is 0. The second-order valence-corrected chi connectivity index (χ2v) is 11.6. The molecule has 182 valence electrons. The Morgan fingerprint density at radius 3 is 2.58 bits per heavy atom. The number of carbonyl (C=O) groups is 3. The van der Waals surface area contributed by atoms with Crippen molar-refractivity contribution < 1.29 is 28.6 Å². The average Bonchev–Trinajstić information content (AvgIpc) is 3.10. The van der Waals surface area contributed by atoms with Gasteiger partial charge in [-0.15, -0.1) is 0 Å². The number of hydrogen-bond acceptors (Lipinski definition) is 6. The van der Waals surface area contributed by atoms with Crippen LogP contribution in [0.4, 0.5) is 0 Å². The molecular weight excluding hydrogens is 420 g/mol. The molecule has 2 aliphatic carbocycles. The largest absolute Gasteiger partial charge is 0.469 e. The minimum Gasteiger partial charge on any atom is -0.469 e. The normalized spacial score (nSPS) is 37.7. The number of carbonyl (C=O) groups excluding carboxylic acids is 3. The van der Waals surface area contributed by atoms with Crippen molar-refractivity contribution in [3.05, 3.63) is 23.3 Å². The molecule has 0 unspecified atom stereocenters. The summed E-state index contributed by atoms with van der Waals surface area (Å²) in [4.78, 5) is 37.1. The number of esters is 3. The van der Waals surface area contributed by atoms with Crippen molar-refractivity contribution in [1.82, 2.24) is 0 Å². The van der Waals surface area contributed by atoms with Gasteiger partial charge in [0.15, 0.2) is 0 Å². The van der Waals surface area contributed by atoms with Crippen molar-refractivity contribution >= 4 is 17.9 Å². The van der Waals surface area contributed by atoms with Gasteiger partial charge in [-0.3, -0.25) is 4.79 Å². The van der Waals surface area contributed by atoms with Crippen LogP contribution in [0.5, 0.6) is 0 Å². The van der Waals surface area contributed by atoms with Crippen molar-refractivity contribution in [2.24, 2.45) is 28.6 Å². The lowest BCUT2D eigenvalue weighted by molar-refractivity contribution is -0.193. The van der Waals surface area contributed by atoms with E-state index in [4.69, 9.17) is 14.2 Å². The van der Waals surface area contributed by atoms with E-state index in [0.717, 1.165) is 19.3 Å². The van der Waals surface area contributed by atoms with Crippen LogP contribution < -0.4 is 0 Å². The van der Waals surface area contributed by atoms with E-state index in [1.807, 2.05) is 6.08 Å². The predicted molar refractivity (Wildman–Crippen MR) is 123 cm³/mol. The molecular formula is C27H38O6. The molecule has 1 saturated heterocycles. The summed E-state index contributed by atoms with van der Waals surface area (Å²) in [5, 5.41) is 0. The minimum atomic E-state index is -0.635. The molecule has 4 aliphatic rings. The van der Waals surface area contributed by atoms with Gasteiger partial charge in [0.25, 0.3) is 0 Å². The lowest BCUT2D eigenvalue weighted by atomic mass is 9.45. The van der Waals surface area contributed by atoms with Crippen molar-refractivity contribution in [3.8, 4) is 0 Å². The summed E-state index contributed by atoms with van der Waals surface area (Å²) in [5.41, 5.74) is 1.23. The maximum Gasteiger partial charge on any atom is 0.334 e. The second kappa shape index (κ2) is 8.59. The van der Waals surface area contributed by atoms with Gasteiger partial charge in [0, 0.05) is 17.6 Å². The molecule has 0 aromatic carbocycles. The van der Waals surface area contributed by atoms with Crippen LogP contribution in [-0.4, -0.2) is 37.2 Å². The van der Waals surface area contributed by atoms with E-state index in [-0.39, 0.29) is 24.4 Å². The highest BCUT2D eigenvalue weighted by Crippen LogP contribution is 2.64. The number of fused-ring (bicyclic) bond motifs is 3. The smallest absolute Gasteiger partial charge is 0.334 e. The summed E-state index contributed by atoms with van der Waals surface area (Å²) < 4.78 is 16.2. The van der Waals surface area contributed by atoms with E-state index in [0.29, 0.717) is 34.8 Å². The Bertz CT molecular complexity index is 898. The molecule has 3 fully saturated rings. The van der Waals surface area contributed by atoms with Crippen LogP contribution in [0.2, 0.25) is 0 Å². The summed E-state index contributed by atoms with van der Waals surface area (Å²) in [5.74, 6) is -0.832. The zero-order chi connectivity index (χ0) is 24.0. The number of allylic oxidation sites excluding steroid dienone is 1. The third-order valence-electron chi connectivity index (χ3n) is 9.25. The SMILES string of the molecule is COC(=O)[C@H](C/C=C1/CC[C@@H]2[C@@]3(C)CCCC(C)(C)[C@@H]3CC[C@@]2(C)OC1=O)C1=CC(=O)OC1. The molecule has 0 amide bonds. The topological polar surface area (TPSA) is 78.9 Å². The first kappa shape index (κ1) is 24.0. The van der Waals surface area contributed by atoms with Gasteiger partial charge in [0.1, 0.15) is 12.2 Å². The zero-order valence-electron chi connectivity index (χ0n) is 20.7. The zero-order valence-corrected chi connectivity index (χ0v) is 20.7. The van der Waals surface area contributed by atoms with Crippen LogP contribution in [0.25, 0.3) is 0 Å². The Morgan fingerprint density at radius 1 is 1.15 bits per heavy atom. The lowest BCUT2D eigenvalue weighted by Gasteiger charge is -2.61.